The van der Waals surface area contributed by atoms with Crippen molar-refractivity contribution in [2.75, 3.05) is 33.0 Å². The zero-order chi connectivity index (χ0) is 26.0. The number of unbranched alkanes of at least 4 members (excludes halogenated alkanes) is 4. The molecule has 4 atom stereocenters. The molecule has 5 nitrogen and oxygen atoms in total. The minimum Gasteiger partial charge on any atom is -0.484 e. The molecule has 1 fully saturated rings. The largest absolute Gasteiger partial charge is 0.484 e. The van der Waals surface area contributed by atoms with Crippen LogP contribution in [-0.2, 0) is 30.1 Å². The molecule has 0 radical (unpaired) electrons. The Morgan fingerprint density at radius 3 is 1.92 bits per heavy atom. The summed E-state index contributed by atoms with van der Waals surface area (Å²) in [5.74, 6) is -0.0896. The molecule has 0 spiro atoms. The first-order valence-corrected chi connectivity index (χ1v) is 14.2. The van der Waals surface area contributed by atoms with Gasteiger partial charge in [-0.1, -0.05) is 83.7 Å². The minimum atomic E-state index is -0.657. The van der Waals surface area contributed by atoms with Crippen LogP contribution in [0.3, 0.4) is 0 Å². The number of rotatable bonds is 19. The fourth-order valence-corrected chi connectivity index (χ4v) is 4.12. The van der Waals surface area contributed by atoms with Crippen molar-refractivity contribution in [3.63, 3.8) is 0 Å². The van der Waals surface area contributed by atoms with Gasteiger partial charge in [0.25, 0.3) is 0 Å². The molecular formula is C30H49FO5. The summed E-state index contributed by atoms with van der Waals surface area (Å²) in [6.07, 6.45) is 5.97. The van der Waals surface area contributed by atoms with Gasteiger partial charge in [-0.15, -0.1) is 0 Å². The van der Waals surface area contributed by atoms with E-state index >= 15 is 4.39 Å². The highest BCUT2D eigenvalue weighted by molar-refractivity contribution is 5.23. The summed E-state index contributed by atoms with van der Waals surface area (Å²) in [6, 6.07) is 9.62. The second kappa shape index (κ2) is 18.7. The smallest absolute Gasteiger partial charge is 0.160 e. The van der Waals surface area contributed by atoms with Crippen LogP contribution in [0.5, 0.6) is 0 Å². The molecule has 36 heavy (non-hydrogen) atoms. The molecule has 6 heteroatoms. The summed E-state index contributed by atoms with van der Waals surface area (Å²) in [5.41, 5.74) is 0.888. The first-order valence-electron chi connectivity index (χ1n) is 14.2. The summed E-state index contributed by atoms with van der Waals surface area (Å²) in [6.45, 7) is 11.2. The molecule has 2 rings (SSSR count). The molecule has 0 saturated carbocycles. The lowest BCUT2D eigenvalue weighted by atomic mass is 9.95. The van der Waals surface area contributed by atoms with Crippen molar-refractivity contribution in [2.45, 2.75) is 110 Å². The van der Waals surface area contributed by atoms with Crippen LogP contribution in [0.1, 0.15) is 84.6 Å². The number of ether oxygens (including phenoxy) is 5. The van der Waals surface area contributed by atoms with E-state index in [4.69, 9.17) is 23.7 Å². The molecule has 206 valence electrons. The zero-order valence-electron chi connectivity index (χ0n) is 23.0. The molecule has 1 aliphatic heterocycles. The van der Waals surface area contributed by atoms with Crippen molar-refractivity contribution in [3.8, 4) is 0 Å². The lowest BCUT2D eigenvalue weighted by Crippen LogP contribution is -2.57. The predicted octanol–water partition coefficient (Wildman–Crippen LogP) is 7.18. The summed E-state index contributed by atoms with van der Waals surface area (Å²) in [7, 11) is 0. The van der Waals surface area contributed by atoms with E-state index in [0.717, 1.165) is 56.9 Å². The average Bonchev–Trinajstić information content (AvgIpc) is 2.89. The van der Waals surface area contributed by atoms with Gasteiger partial charge >= 0.3 is 0 Å². The van der Waals surface area contributed by atoms with Gasteiger partial charge in [0.2, 0.25) is 0 Å². The van der Waals surface area contributed by atoms with E-state index in [2.05, 4.69) is 27.7 Å². The third-order valence-corrected chi connectivity index (χ3v) is 6.33. The van der Waals surface area contributed by atoms with Gasteiger partial charge in [0.05, 0.1) is 6.61 Å². The molecule has 0 N–H and O–H groups in total. The molecule has 1 aromatic rings. The highest BCUT2D eigenvalue weighted by Crippen LogP contribution is 2.34. The highest BCUT2D eigenvalue weighted by atomic mass is 19.1. The van der Waals surface area contributed by atoms with E-state index in [0.29, 0.717) is 33.0 Å². The van der Waals surface area contributed by atoms with Crippen LogP contribution in [0, 0.1) is 0 Å². The third kappa shape index (κ3) is 10.5. The van der Waals surface area contributed by atoms with Crippen LogP contribution in [0.15, 0.2) is 41.9 Å². The van der Waals surface area contributed by atoms with Crippen molar-refractivity contribution in [2.24, 2.45) is 0 Å². The molecule has 0 bridgehead atoms. The Morgan fingerprint density at radius 1 is 0.750 bits per heavy atom. The number of halogens is 1. The summed E-state index contributed by atoms with van der Waals surface area (Å²) in [4.78, 5) is 0. The van der Waals surface area contributed by atoms with E-state index in [1.54, 1.807) is 0 Å². The van der Waals surface area contributed by atoms with Gasteiger partial charge in [-0.05, 0) is 31.2 Å². The SMILES string of the molecule is CCCCOC[C@H]1O/C(=C(/F)Cc2ccccc2)[C@H](OCCCC)[C@@H](OCCCC)[C@H]1OCCCC. The topological polar surface area (TPSA) is 46.2 Å². The maximum absolute atomic E-state index is 15.9. The van der Waals surface area contributed by atoms with Crippen molar-refractivity contribution in [1.82, 2.24) is 0 Å². The van der Waals surface area contributed by atoms with Gasteiger partial charge in [-0.25, -0.2) is 4.39 Å². The second-order valence-electron chi connectivity index (χ2n) is 9.54. The Morgan fingerprint density at radius 2 is 1.31 bits per heavy atom. The van der Waals surface area contributed by atoms with Crippen LogP contribution < -0.4 is 0 Å². The Balaban J connectivity index is 2.39. The summed E-state index contributed by atoms with van der Waals surface area (Å²) >= 11 is 0. The van der Waals surface area contributed by atoms with Crippen molar-refractivity contribution in [1.29, 1.82) is 0 Å². The van der Waals surface area contributed by atoms with Crippen molar-refractivity contribution < 1.29 is 28.1 Å². The fourth-order valence-electron chi connectivity index (χ4n) is 4.12. The van der Waals surface area contributed by atoms with E-state index in [-0.39, 0.29) is 18.0 Å². The summed E-state index contributed by atoms with van der Waals surface area (Å²) in [5, 5.41) is 0. The summed E-state index contributed by atoms with van der Waals surface area (Å²) < 4.78 is 47.3. The maximum Gasteiger partial charge on any atom is 0.160 e. The van der Waals surface area contributed by atoms with Crippen LogP contribution in [0.4, 0.5) is 4.39 Å². The van der Waals surface area contributed by atoms with Gasteiger partial charge in [0.15, 0.2) is 11.9 Å². The molecule has 1 aromatic carbocycles. The molecule has 1 heterocycles. The number of hydrogen-bond donors (Lipinski definition) is 0. The zero-order valence-corrected chi connectivity index (χ0v) is 23.0. The van der Waals surface area contributed by atoms with Crippen LogP contribution >= 0.6 is 0 Å². The number of benzene rings is 1. The molecule has 1 aliphatic rings. The molecule has 0 aliphatic carbocycles. The van der Waals surface area contributed by atoms with Crippen LogP contribution in [0.2, 0.25) is 0 Å². The van der Waals surface area contributed by atoms with E-state index in [1.807, 2.05) is 30.3 Å². The van der Waals surface area contributed by atoms with Crippen molar-refractivity contribution in [3.05, 3.63) is 47.5 Å². The predicted molar refractivity (Wildman–Crippen MR) is 143 cm³/mol. The number of hydrogen-bond acceptors (Lipinski definition) is 5. The second-order valence-corrected chi connectivity index (χ2v) is 9.54. The highest BCUT2D eigenvalue weighted by Gasteiger charge is 2.47. The maximum atomic E-state index is 15.9. The Hall–Kier alpha value is -1.47. The molecule has 0 amide bonds. The van der Waals surface area contributed by atoms with Crippen LogP contribution in [0.25, 0.3) is 0 Å². The lowest BCUT2D eigenvalue weighted by molar-refractivity contribution is -0.216. The van der Waals surface area contributed by atoms with Crippen molar-refractivity contribution >= 4 is 0 Å². The van der Waals surface area contributed by atoms with E-state index < -0.39 is 24.4 Å². The van der Waals surface area contributed by atoms with Gasteiger partial charge in [0.1, 0.15) is 24.1 Å². The molecular weight excluding hydrogens is 459 g/mol. The molecule has 0 unspecified atom stereocenters. The molecule has 1 saturated heterocycles. The number of allylic oxidation sites excluding steroid dienone is 1. The molecule has 0 aromatic heterocycles. The minimum absolute atomic E-state index is 0.149. The first kappa shape index (κ1) is 30.8. The first-order chi connectivity index (χ1) is 17.7. The van der Waals surface area contributed by atoms with Gasteiger partial charge in [0, 0.05) is 32.8 Å². The van der Waals surface area contributed by atoms with Gasteiger partial charge < -0.3 is 23.7 Å². The normalized spacial score (nSPS) is 23.5. The van der Waals surface area contributed by atoms with Gasteiger partial charge in [-0.3, -0.25) is 0 Å². The average molecular weight is 509 g/mol. The third-order valence-electron chi connectivity index (χ3n) is 6.33. The van der Waals surface area contributed by atoms with Crippen LogP contribution in [-0.4, -0.2) is 57.5 Å². The van der Waals surface area contributed by atoms with Gasteiger partial charge in [-0.2, -0.15) is 0 Å². The Labute approximate surface area is 218 Å². The monoisotopic (exact) mass is 508 g/mol. The fraction of sp³-hybridized carbons (Fsp3) is 0.733. The van der Waals surface area contributed by atoms with E-state index in [1.165, 1.54) is 0 Å². The standard InChI is InChI=1S/C30H49FO5/c1-5-9-18-32-23-26-28(33-19-10-6-2)30(35-21-12-8-4)29(34-20-11-7-3)27(36-26)25(31)22-24-16-14-13-15-17-24/h13-17,26,28-30H,5-12,18-23H2,1-4H3/b27-25+/t26-,28+,29+,30+/m1/s1. The lowest BCUT2D eigenvalue weighted by Gasteiger charge is -2.43. The Bertz CT molecular complexity index is 711. The quantitative estimate of drug-likeness (QED) is 0.185. The van der Waals surface area contributed by atoms with E-state index in [9.17, 15) is 0 Å². The Kier molecular flexibility index (Phi) is 16.0.